The van der Waals surface area contributed by atoms with Crippen molar-refractivity contribution in [2.75, 3.05) is 32.8 Å². The summed E-state index contributed by atoms with van der Waals surface area (Å²) in [5, 5.41) is 0. The van der Waals surface area contributed by atoms with E-state index in [1.54, 1.807) is 0 Å². The average Bonchev–Trinajstić information content (AvgIpc) is 2.67. The third kappa shape index (κ3) is 3.69. The Balaban J connectivity index is 1.86. The zero-order chi connectivity index (χ0) is 12.8. The molecule has 0 radical (unpaired) electrons. The number of rotatable bonds is 3. The van der Waals surface area contributed by atoms with E-state index >= 15 is 0 Å². The number of amides is 1. The molecule has 2 fully saturated rings. The fraction of sp³-hybridized carbons (Fsp3) is 0.929. The number of carbonyl (C=O) groups is 1. The van der Waals surface area contributed by atoms with Crippen LogP contribution in [0.1, 0.15) is 38.5 Å². The van der Waals surface area contributed by atoms with Gasteiger partial charge in [-0.3, -0.25) is 4.79 Å². The number of hydrogen-bond acceptors (Lipinski definition) is 3. The van der Waals surface area contributed by atoms with Gasteiger partial charge in [-0.05, 0) is 38.1 Å². The highest BCUT2D eigenvalue weighted by Gasteiger charge is 2.30. The van der Waals surface area contributed by atoms with Crippen LogP contribution in [-0.4, -0.2) is 43.7 Å². The molecule has 2 N–H and O–H groups in total. The number of hydrogen-bond donors (Lipinski definition) is 1. The van der Waals surface area contributed by atoms with Gasteiger partial charge in [0.2, 0.25) is 5.91 Å². The summed E-state index contributed by atoms with van der Waals surface area (Å²) >= 11 is 0. The molecule has 4 nitrogen and oxygen atoms in total. The van der Waals surface area contributed by atoms with E-state index in [1.807, 2.05) is 4.90 Å². The molecule has 18 heavy (non-hydrogen) atoms. The van der Waals surface area contributed by atoms with Crippen molar-refractivity contribution < 1.29 is 9.53 Å². The Labute approximate surface area is 110 Å². The fourth-order valence-corrected chi connectivity index (χ4v) is 3.24. The quantitative estimate of drug-likeness (QED) is 0.828. The lowest BCUT2D eigenvalue weighted by atomic mass is 9.79. The second-order valence-electron chi connectivity index (χ2n) is 5.60. The van der Waals surface area contributed by atoms with Gasteiger partial charge in [-0.2, -0.15) is 0 Å². The fourth-order valence-electron chi connectivity index (χ4n) is 3.24. The minimum Gasteiger partial charge on any atom is -0.380 e. The average molecular weight is 254 g/mol. The lowest BCUT2D eigenvalue weighted by Gasteiger charge is -2.32. The molecule has 0 bridgehead atoms. The van der Waals surface area contributed by atoms with Crippen molar-refractivity contribution in [2.45, 2.75) is 38.5 Å². The van der Waals surface area contributed by atoms with Crippen LogP contribution in [0.2, 0.25) is 0 Å². The predicted octanol–water partition coefficient (Wildman–Crippen LogP) is 1.39. The summed E-state index contributed by atoms with van der Waals surface area (Å²) in [6, 6.07) is 0. The first-order chi connectivity index (χ1) is 8.81. The maximum absolute atomic E-state index is 12.5. The van der Waals surface area contributed by atoms with Crippen molar-refractivity contribution in [1.82, 2.24) is 4.90 Å². The topological polar surface area (TPSA) is 55.6 Å². The van der Waals surface area contributed by atoms with Gasteiger partial charge in [-0.25, -0.2) is 0 Å². The number of ether oxygens (including phenoxy) is 1. The maximum atomic E-state index is 12.5. The van der Waals surface area contributed by atoms with Crippen LogP contribution in [0.15, 0.2) is 0 Å². The molecule has 2 rings (SSSR count). The molecule has 1 amide bonds. The second kappa shape index (κ2) is 7.10. The zero-order valence-electron chi connectivity index (χ0n) is 11.3. The summed E-state index contributed by atoms with van der Waals surface area (Å²) in [5.41, 5.74) is 5.63. The van der Waals surface area contributed by atoms with Crippen LogP contribution in [0.25, 0.3) is 0 Å². The molecule has 104 valence electrons. The number of nitrogens with zero attached hydrogens (tertiary/aromatic N) is 1. The van der Waals surface area contributed by atoms with Crippen LogP contribution < -0.4 is 5.73 Å². The van der Waals surface area contributed by atoms with Crippen molar-refractivity contribution in [3.63, 3.8) is 0 Å². The van der Waals surface area contributed by atoms with Crippen LogP contribution in [0.4, 0.5) is 0 Å². The Hall–Kier alpha value is -0.610. The van der Waals surface area contributed by atoms with Gasteiger partial charge in [-0.1, -0.05) is 12.8 Å². The Morgan fingerprint density at radius 2 is 2.11 bits per heavy atom. The summed E-state index contributed by atoms with van der Waals surface area (Å²) in [5.74, 6) is 1.27. The van der Waals surface area contributed by atoms with E-state index in [2.05, 4.69) is 0 Å². The van der Waals surface area contributed by atoms with Crippen molar-refractivity contribution in [2.24, 2.45) is 17.6 Å². The van der Waals surface area contributed by atoms with Gasteiger partial charge in [0.15, 0.2) is 0 Å². The highest BCUT2D eigenvalue weighted by atomic mass is 16.5. The third-order valence-corrected chi connectivity index (χ3v) is 4.24. The molecule has 1 aliphatic heterocycles. The van der Waals surface area contributed by atoms with E-state index in [-0.39, 0.29) is 5.92 Å². The van der Waals surface area contributed by atoms with Crippen LogP contribution in [-0.2, 0) is 9.53 Å². The maximum Gasteiger partial charge on any atom is 0.225 e. The summed E-state index contributed by atoms with van der Waals surface area (Å²) in [6.07, 6.45) is 6.61. The van der Waals surface area contributed by atoms with E-state index < -0.39 is 0 Å². The van der Waals surface area contributed by atoms with Gasteiger partial charge >= 0.3 is 0 Å². The molecule has 2 atom stereocenters. The van der Waals surface area contributed by atoms with Crippen molar-refractivity contribution >= 4 is 5.91 Å². The van der Waals surface area contributed by atoms with E-state index in [4.69, 9.17) is 10.5 Å². The largest absolute Gasteiger partial charge is 0.380 e. The van der Waals surface area contributed by atoms with E-state index in [0.717, 1.165) is 51.9 Å². The molecule has 1 saturated heterocycles. The van der Waals surface area contributed by atoms with Gasteiger partial charge in [0.1, 0.15) is 0 Å². The number of nitrogens with two attached hydrogens (primary N) is 1. The molecule has 0 aromatic rings. The Morgan fingerprint density at radius 1 is 1.22 bits per heavy atom. The molecule has 0 aromatic carbocycles. The molecule has 2 aliphatic rings. The lowest BCUT2D eigenvalue weighted by molar-refractivity contribution is -0.137. The van der Waals surface area contributed by atoms with Crippen molar-refractivity contribution in [3.8, 4) is 0 Å². The van der Waals surface area contributed by atoms with Gasteiger partial charge in [-0.15, -0.1) is 0 Å². The SMILES string of the molecule is NCCC1CCCC(C(=O)N2CCCOCC2)C1. The van der Waals surface area contributed by atoms with E-state index in [1.165, 1.54) is 12.8 Å². The molecule has 1 heterocycles. The Morgan fingerprint density at radius 3 is 2.94 bits per heavy atom. The highest BCUT2D eigenvalue weighted by molar-refractivity contribution is 5.79. The first-order valence-corrected chi connectivity index (χ1v) is 7.38. The van der Waals surface area contributed by atoms with Gasteiger partial charge in [0.25, 0.3) is 0 Å². The zero-order valence-corrected chi connectivity index (χ0v) is 11.3. The van der Waals surface area contributed by atoms with E-state index in [0.29, 0.717) is 18.4 Å². The molecule has 2 unspecified atom stereocenters. The van der Waals surface area contributed by atoms with Crippen LogP contribution in [0.3, 0.4) is 0 Å². The van der Waals surface area contributed by atoms with Crippen molar-refractivity contribution in [1.29, 1.82) is 0 Å². The normalized spacial score (nSPS) is 29.9. The van der Waals surface area contributed by atoms with Crippen LogP contribution in [0.5, 0.6) is 0 Å². The summed E-state index contributed by atoms with van der Waals surface area (Å²) < 4.78 is 5.41. The minimum atomic E-state index is 0.244. The number of carbonyl (C=O) groups excluding carboxylic acids is 1. The van der Waals surface area contributed by atoms with E-state index in [9.17, 15) is 4.79 Å². The summed E-state index contributed by atoms with van der Waals surface area (Å²) in [4.78, 5) is 14.5. The van der Waals surface area contributed by atoms with Crippen LogP contribution in [0, 0.1) is 11.8 Å². The minimum absolute atomic E-state index is 0.244. The smallest absolute Gasteiger partial charge is 0.225 e. The monoisotopic (exact) mass is 254 g/mol. The Bertz CT molecular complexity index is 261. The highest BCUT2D eigenvalue weighted by Crippen LogP contribution is 2.32. The van der Waals surface area contributed by atoms with Crippen molar-refractivity contribution in [3.05, 3.63) is 0 Å². The first kappa shape index (κ1) is 13.8. The molecule has 1 aliphatic carbocycles. The van der Waals surface area contributed by atoms with Crippen LogP contribution >= 0.6 is 0 Å². The standard InChI is InChI=1S/C14H26N2O2/c15-6-5-12-3-1-4-13(11-12)14(17)16-7-2-9-18-10-8-16/h12-13H,1-11,15H2. The van der Waals surface area contributed by atoms with Gasteiger partial charge in [0.05, 0.1) is 6.61 Å². The molecular weight excluding hydrogens is 228 g/mol. The summed E-state index contributed by atoms with van der Waals surface area (Å²) in [7, 11) is 0. The lowest BCUT2D eigenvalue weighted by Crippen LogP contribution is -2.39. The molecule has 0 aromatic heterocycles. The predicted molar refractivity (Wildman–Crippen MR) is 71.1 cm³/mol. The Kier molecular flexibility index (Phi) is 5.45. The second-order valence-corrected chi connectivity index (χ2v) is 5.60. The molecule has 0 spiro atoms. The molecule has 1 saturated carbocycles. The molecule has 4 heteroatoms. The third-order valence-electron chi connectivity index (χ3n) is 4.24. The van der Waals surface area contributed by atoms with Gasteiger partial charge < -0.3 is 15.4 Å². The summed E-state index contributed by atoms with van der Waals surface area (Å²) in [6.45, 7) is 3.89. The first-order valence-electron chi connectivity index (χ1n) is 7.38. The van der Waals surface area contributed by atoms with Gasteiger partial charge in [0, 0.05) is 25.6 Å². The molecular formula is C14H26N2O2.